The van der Waals surface area contributed by atoms with Gasteiger partial charge in [-0.15, -0.1) is 0 Å². The third-order valence-electron chi connectivity index (χ3n) is 3.73. The number of aliphatic hydroxyl groups is 1. The molecular weight excluding hydrogens is 333 g/mol. The molecule has 26 heavy (non-hydrogen) atoms. The average molecular weight is 358 g/mol. The predicted molar refractivity (Wildman–Crippen MR) is 91.2 cm³/mol. The Morgan fingerprint density at radius 1 is 1.42 bits per heavy atom. The first-order valence-electron chi connectivity index (χ1n) is 7.98. The van der Waals surface area contributed by atoms with Crippen LogP contribution in [0.3, 0.4) is 0 Å². The minimum Gasteiger partial charge on any atom is -0.870 e. The molecule has 0 unspecified atom stereocenters. The van der Waals surface area contributed by atoms with E-state index >= 15 is 0 Å². The van der Waals surface area contributed by atoms with Gasteiger partial charge in [0.05, 0.1) is 0 Å². The molecule has 3 N–H and O–H groups in total. The number of amides is 1. The van der Waals surface area contributed by atoms with Crippen molar-refractivity contribution in [3.63, 3.8) is 0 Å². The Labute approximate surface area is 165 Å². The summed E-state index contributed by atoms with van der Waals surface area (Å²) < 4.78 is 5.20. The van der Waals surface area contributed by atoms with Gasteiger partial charge in [-0.05, 0) is 70.0 Å². The number of nitrogens with zero attached hydrogens (tertiary/aromatic N) is 2. The van der Waals surface area contributed by atoms with E-state index in [9.17, 15) is 14.7 Å². The maximum Gasteiger partial charge on any atom is 1.00 e. The molecule has 0 atom stereocenters. The number of pyridine rings is 1. The quantitative estimate of drug-likeness (QED) is 0.506. The molecule has 140 valence electrons. The van der Waals surface area contributed by atoms with Crippen LogP contribution in [0.15, 0.2) is 18.3 Å². The van der Waals surface area contributed by atoms with E-state index in [2.05, 4.69) is 15.2 Å². The van der Waals surface area contributed by atoms with Gasteiger partial charge in [0.2, 0.25) is 0 Å². The zero-order valence-corrected chi connectivity index (χ0v) is 15.8. The molecule has 0 saturated carbocycles. The summed E-state index contributed by atoms with van der Waals surface area (Å²) in [6, 6.07) is 3.66. The molecule has 0 spiro atoms. The SMILES string of the molecule is CC(C)(C)OC(=O)Nc1cc(CN2CCC(O)([C-]=O)CC2)ccn1.[Li+].[OH-]. The van der Waals surface area contributed by atoms with Crippen LogP contribution in [0.25, 0.3) is 0 Å². The van der Waals surface area contributed by atoms with Crippen LogP contribution in [0.4, 0.5) is 10.6 Å². The molecular formula is C17H25LiN3O5-. The number of ether oxygens (including phenoxy) is 1. The number of carbonyl (C=O) groups is 1. The topological polar surface area (TPSA) is 122 Å². The van der Waals surface area contributed by atoms with Gasteiger partial charge in [0.15, 0.2) is 0 Å². The van der Waals surface area contributed by atoms with Gasteiger partial charge in [-0.2, -0.15) is 0 Å². The minimum atomic E-state index is -1.31. The summed E-state index contributed by atoms with van der Waals surface area (Å²) in [6.45, 7) is 7.27. The van der Waals surface area contributed by atoms with Crippen molar-refractivity contribution >= 4 is 18.2 Å². The van der Waals surface area contributed by atoms with Crippen LogP contribution >= 0.6 is 0 Å². The molecule has 0 aliphatic carbocycles. The number of aromatic nitrogens is 1. The van der Waals surface area contributed by atoms with Crippen LogP contribution < -0.4 is 24.2 Å². The first-order valence-corrected chi connectivity index (χ1v) is 7.98. The first-order chi connectivity index (χ1) is 11.2. The number of likely N-dealkylation sites (tertiary alicyclic amines) is 1. The maximum atomic E-state index is 11.8. The largest absolute Gasteiger partial charge is 1.00 e. The minimum absolute atomic E-state index is 0. The summed E-state index contributed by atoms with van der Waals surface area (Å²) in [4.78, 5) is 28.8. The molecule has 1 aromatic rings. The van der Waals surface area contributed by atoms with Crippen LogP contribution in [0, 0.1) is 0 Å². The Morgan fingerprint density at radius 3 is 2.58 bits per heavy atom. The molecule has 0 aromatic carbocycles. The second-order valence-electron chi connectivity index (χ2n) is 7.09. The number of nitrogens with one attached hydrogen (secondary N) is 1. The van der Waals surface area contributed by atoms with E-state index in [0.29, 0.717) is 38.3 Å². The summed E-state index contributed by atoms with van der Waals surface area (Å²) in [5, 5.41) is 12.5. The monoisotopic (exact) mass is 358 g/mol. The van der Waals surface area contributed by atoms with Crippen LogP contribution in [0.5, 0.6) is 0 Å². The van der Waals surface area contributed by atoms with Gasteiger partial charge in [0.25, 0.3) is 0 Å². The van der Waals surface area contributed by atoms with Gasteiger partial charge < -0.3 is 20.1 Å². The molecule has 9 heteroatoms. The Kier molecular flexibility index (Phi) is 9.49. The van der Waals surface area contributed by atoms with Crippen LogP contribution in [0.2, 0.25) is 0 Å². The van der Waals surface area contributed by atoms with E-state index < -0.39 is 17.3 Å². The fourth-order valence-corrected chi connectivity index (χ4v) is 2.49. The molecule has 2 rings (SSSR count). The summed E-state index contributed by atoms with van der Waals surface area (Å²) >= 11 is 0. The summed E-state index contributed by atoms with van der Waals surface area (Å²) in [7, 11) is 0. The Bertz CT molecular complexity index is 598. The Morgan fingerprint density at radius 2 is 2.04 bits per heavy atom. The second-order valence-corrected chi connectivity index (χ2v) is 7.09. The van der Waals surface area contributed by atoms with Gasteiger partial charge >= 0.3 is 25.0 Å². The van der Waals surface area contributed by atoms with Crippen molar-refractivity contribution in [1.29, 1.82) is 0 Å². The van der Waals surface area contributed by atoms with Crippen molar-refractivity contribution in [2.24, 2.45) is 0 Å². The maximum absolute atomic E-state index is 11.8. The first kappa shape index (κ1) is 24.6. The molecule has 1 fully saturated rings. The number of carbonyl (C=O) groups excluding carboxylic acids is 2. The molecule has 0 bridgehead atoms. The second kappa shape index (κ2) is 10.0. The average Bonchev–Trinajstić information content (AvgIpc) is 2.48. The van der Waals surface area contributed by atoms with E-state index in [1.54, 1.807) is 39.3 Å². The predicted octanol–water partition coefficient (Wildman–Crippen LogP) is -1.31. The normalized spacial score (nSPS) is 16.6. The molecule has 1 aliphatic rings. The van der Waals surface area contributed by atoms with Crippen LogP contribution in [0.1, 0.15) is 39.2 Å². The number of anilines is 1. The molecule has 0 radical (unpaired) electrons. The van der Waals surface area contributed by atoms with Crippen molar-refractivity contribution in [1.82, 2.24) is 9.88 Å². The van der Waals surface area contributed by atoms with E-state index in [-0.39, 0.29) is 24.3 Å². The fraction of sp³-hybridized carbons (Fsp3) is 0.588. The zero-order chi connectivity index (χ0) is 17.8. The van der Waals surface area contributed by atoms with Gasteiger partial charge in [0.1, 0.15) is 11.4 Å². The zero-order valence-electron chi connectivity index (χ0n) is 15.8. The molecule has 2 heterocycles. The van der Waals surface area contributed by atoms with Crippen molar-refractivity contribution < 1.29 is 43.8 Å². The summed E-state index contributed by atoms with van der Waals surface area (Å²) in [6.07, 6.45) is 3.56. The smallest absolute Gasteiger partial charge is 0.870 e. The van der Waals surface area contributed by atoms with Gasteiger partial charge in [-0.1, -0.05) is 0 Å². The van der Waals surface area contributed by atoms with Crippen molar-refractivity contribution in [2.75, 3.05) is 18.4 Å². The van der Waals surface area contributed by atoms with Gasteiger partial charge in [-0.3, -0.25) is 10.2 Å². The Balaban J connectivity index is 0.00000312. The van der Waals surface area contributed by atoms with Crippen molar-refractivity contribution in [2.45, 2.75) is 51.4 Å². The third-order valence-corrected chi connectivity index (χ3v) is 3.73. The number of piperidine rings is 1. The molecule has 1 aromatic heterocycles. The number of hydrogen-bond acceptors (Lipinski definition) is 7. The number of hydrogen-bond donors (Lipinski definition) is 2. The molecule has 1 aliphatic heterocycles. The van der Waals surface area contributed by atoms with E-state index in [1.165, 1.54) is 0 Å². The van der Waals surface area contributed by atoms with Crippen molar-refractivity contribution in [3.05, 3.63) is 23.9 Å². The molecule has 1 amide bonds. The fourth-order valence-electron chi connectivity index (χ4n) is 2.49. The van der Waals surface area contributed by atoms with E-state index in [0.717, 1.165) is 5.56 Å². The van der Waals surface area contributed by atoms with E-state index in [1.807, 2.05) is 6.07 Å². The molecule has 1 saturated heterocycles. The summed E-state index contributed by atoms with van der Waals surface area (Å²) in [5.41, 5.74) is -0.892. The Hall–Kier alpha value is -1.43. The van der Waals surface area contributed by atoms with Gasteiger partial charge in [0, 0.05) is 12.7 Å². The summed E-state index contributed by atoms with van der Waals surface area (Å²) in [5.74, 6) is 0.427. The number of rotatable bonds is 4. The van der Waals surface area contributed by atoms with Crippen molar-refractivity contribution in [3.8, 4) is 0 Å². The van der Waals surface area contributed by atoms with Crippen LogP contribution in [-0.4, -0.2) is 57.1 Å². The molecule has 8 nitrogen and oxygen atoms in total. The van der Waals surface area contributed by atoms with Gasteiger partial charge in [-0.25, -0.2) is 16.1 Å². The third kappa shape index (κ3) is 7.85. The standard InChI is InChI=1S/C17H24N3O4.Li.H2O/c1-16(2,3)24-15(22)19-14-10-13(4-7-18-14)11-20-8-5-17(23,12-21)6-9-20;;/h4,7,10,23H,5-6,8-9,11H2,1-3H3,(H,18,19,22);;1H2/q-1;+1;/p-1. The van der Waals surface area contributed by atoms with Crippen LogP contribution in [-0.2, 0) is 16.1 Å². The van der Waals surface area contributed by atoms with E-state index in [4.69, 9.17) is 4.74 Å².